The first kappa shape index (κ1) is 16.5. The van der Waals surface area contributed by atoms with Crippen LogP contribution < -0.4 is 5.32 Å². The third-order valence-corrected chi connectivity index (χ3v) is 3.53. The van der Waals surface area contributed by atoms with E-state index in [2.05, 4.69) is 26.1 Å². The Balaban J connectivity index is 2.61. The van der Waals surface area contributed by atoms with Gasteiger partial charge in [-0.2, -0.15) is 0 Å². The van der Waals surface area contributed by atoms with Crippen LogP contribution in [0, 0.1) is 11.7 Å². The Morgan fingerprint density at radius 1 is 1.26 bits per heavy atom. The Morgan fingerprint density at radius 3 is 2.58 bits per heavy atom. The number of benzene rings is 1. The number of halogens is 2. The number of hydrogen-bond acceptors (Lipinski definition) is 1. The molecule has 1 unspecified atom stereocenters. The fourth-order valence-electron chi connectivity index (χ4n) is 2.11. The van der Waals surface area contributed by atoms with E-state index in [9.17, 15) is 4.39 Å². The molecule has 3 heteroatoms. The number of rotatable bonds is 8. The Morgan fingerprint density at radius 2 is 2.00 bits per heavy atom. The van der Waals surface area contributed by atoms with Gasteiger partial charge in [0.15, 0.2) is 0 Å². The number of nitrogens with one attached hydrogen (secondary N) is 1. The molecule has 0 saturated heterocycles. The molecule has 0 saturated carbocycles. The zero-order valence-corrected chi connectivity index (χ0v) is 12.9. The first-order valence-corrected chi connectivity index (χ1v) is 7.58. The van der Waals surface area contributed by atoms with E-state index in [4.69, 9.17) is 11.6 Å². The standard InChI is InChI=1S/C16H25ClFN/c1-4-9-19-14(7-5-12(2)3)10-13-6-8-16(18)15(17)11-13/h6,8,11-12,14,19H,4-5,7,9-10H2,1-3H3. The SMILES string of the molecule is CCCNC(CCC(C)C)Cc1ccc(F)c(Cl)c1. The van der Waals surface area contributed by atoms with Crippen LogP contribution >= 0.6 is 11.6 Å². The van der Waals surface area contributed by atoms with Crippen molar-refractivity contribution >= 4 is 11.6 Å². The highest BCUT2D eigenvalue weighted by Crippen LogP contribution is 2.18. The highest BCUT2D eigenvalue weighted by Gasteiger charge is 2.11. The maximum absolute atomic E-state index is 13.1. The summed E-state index contributed by atoms with van der Waals surface area (Å²) < 4.78 is 13.1. The average Bonchev–Trinajstić information content (AvgIpc) is 2.37. The molecule has 0 heterocycles. The molecule has 0 aromatic heterocycles. The fraction of sp³-hybridized carbons (Fsp3) is 0.625. The molecule has 0 spiro atoms. The minimum absolute atomic E-state index is 0.218. The quantitative estimate of drug-likeness (QED) is 0.722. The molecule has 1 rings (SSSR count). The second kappa shape index (κ2) is 8.55. The van der Waals surface area contributed by atoms with Crippen LogP contribution in [0.15, 0.2) is 18.2 Å². The minimum Gasteiger partial charge on any atom is -0.314 e. The average molecular weight is 286 g/mol. The summed E-state index contributed by atoms with van der Waals surface area (Å²) >= 11 is 5.83. The predicted molar refractivity (Wildman–Crippen MR) is 81.3 cm³/mol. The zero-order chi connectivity index (χ0) is 14.3. The smallest absolute Gasteiger partial charge is 0.141 e. The van der Waals surface area contributed by atoms with Crippen LogP contribution in [-0.2, 0) is 6.42 Å². The van der Waals surface area contributed by atoms with E-state index in [-0.39, 0.29) is 10.8 Å². The van der Waals surface area contributed by atoms with Crippen LogP contribution in [0.3, 0.4) is 0 Å². The molecule has 0 aliphatic rings. The Labute approximate surface area is 121 Å². The molecule has 19 heavy (non-hydrogen) atoms. The van der Waals surface area contributed by atoms with Crippen molar-refractivity contribution in [3.63, 3.8) is 0 Å². The van der Waals surface area contributed by atoms with E-state index >= 15 is 0 Å². The summed E-state index contributed by atoms with van der Waals surface area (Å²) in [5.41, 5.74) is 1.10. The summed E-state index contributed by atoms with van der Waals surface area (Å²) in [5, 5.41) is 3.79. The minimum atomic E-state index is -0.342. The molecule has 1 atom stereocenters. The maximum Gasteiger partial charge on any atom is 0.141 e. The molecule has 1 aromatic rings. The molecule has 0 amide bonds. The lowest BCUT2D eigenvalue weighted by Gasteiger charge is -2.20. The number of hydrogen-bond donors (Lipinski definition) is 1. The third kappa shape index (κ3) is 6.40. The molecule has 1 nitrogen and oxygen atoms in total. The van der Waals surface area contributed by atoms with Gasteiger partial charge in [0, 0.05) is 6.04 Å². The van der Waals surface area contributed by atoms with Crippen LogP contribution in [0.2, 0.25) is 5.02 Å². The van der Waals surface area contributed by atoms with Gasteiger partial charge in [0.25, 0.3) is 0 Å². The van der Waals surface area contributed by atoms with E-state index in [0.29, 0.717) is 12.0 Å². The molecule has 1 aromatic carbocycles. The van der Waals surface area contributed by atoms with Crippen LogP contribution in [0.1, 0.15) is 45.6 Å². The maximum atomic E-state index is 13.1. The molecule has 0 aliphatic heterocycles. The van der Waals surface area contributed by atoms with Gasteiger partial charge in [-0.05, 0) is 55.8 Å². The fourth-order valence-corrected chi connectivity index (χ4v) is 2.31. The van der Waals surface area contributed by atoms with Gasteiger partial charge in [0.05, 0.1) is 5.02 Å². The van der Waals surface area contributed by atoms with Gasteiger partial charge in [0.1, 0.15) is 5.82 Å². The normalized spacial score (nSPS) is 12.9. The molecule has 1 N–H and O–H groups in total. The lowest BCUT2D eigenvalue weighted by Crippen LogP contribution is -2.32. The van der Waals surface area contributed by atoms with E-state index in [0.717, 1.165) is 31.4 Å². The Kier molecular flexibility index (Phi) is 7.40. The lowest BCUT2D eigenvalue weighted by molar-refractivity contribution is 0.427. The first-order chi connectivity index (χ1) is 9.02. The van der Waals surface area contributed by atoms with Crippen molar-refractivity contribution in [1.29, 1.82) is 0 Å². The van der Waals surface area contributed by atoms with Crippen LogP contribution in [0.4, 0.5) is 4.39 Å². The van der Waals surface area contributed by atoms with Crippen molar-refractivity contribution in [2.75, 3.05) is 6.54 Å². The molecular formula is C16H25ClFN. The largest absolute Gasteiger partial charge is 0.314 e. The van der Waals surface area contributed by atoms with Crippen LogP contribution in [-0.4, -0.2) is 12.6 Å². The second-order valence-corrected chi connectivity index (χ2v) is 5.98. The van der Waals surface area contributed by atoms with E-state index in [1.165, 1.54) is 12.5 Å². The van der Waals surface area contributed by atoms with Crippen molar-refractivity contribution in [1.82, 2.24) is 5.32 Å². The molecule has 0 fully saturated rings. The van der Waals surface area contributed by atoms with Crippen molar-refractivity contribution in [2.24, 2.45) is 5.92 Å². The summed E-state index contributed by atoms with van der Waals surface area (Å²) in [7, 11) is 0. The molecule has 0 aliphatic carbocycles. The van der Waals surface area contributed by atoms with E-state index in [1.807, 2.05) is 6.07 Å². The Bertz CT molecular complexity index is 379. The third-order valence-electron chi connectivity index (χ3n) is 3.24. The topological polar surface area (TPSA) is 12.0 Å². The van der Waals surface area contributed by atoms with Crippen molar-refractivity contribution in [3.8, 4) is 0 Å². The van der Waals surface area contributed by atoms with Gasteiger partial charge >= 0.3 is 0 Å². The second-order valence-electron chi connectivity index (χ2n) is 5.57. The van der Waals surface area contributed by atoms with E-state index in [1.54, 1.807) is 6.07 Å². The summed E-state index contributed by atoms with van der Waals surface area (Å²) in [5.74, 6) is 0.369. The van der Waals surface area contributed by atoms with Crippen molar-refractivity contribution in [2.45, 2.75) is 52.5 Å². The van der Waals surface area contributed by atoms with Gasteiger partial charge in [-0.15, -0.1) is 0 Å². The van der Waals surface area contributed by atoms with Gasteiger partial charge in [0.2, 0.25) is 0 Å². The highest BCUT2D eigenvalue weighted by atomic mass is 35.5. The molecule has 0 radical (unpaired) electrons. The van der Waals surface area contributed by atoms with Crippen molar-refractivity contribution in [3.05, 3.63) is 34.6 Å². The summed E-state index contributed by atoms with van der Waals surface area (Å²) in [6.45, 7) is 7.68. The lowest BCUT2D eigenvalue weighted by atomic mass is 9.97. The van der Waals surface area contributed by atoms with Gasteiger partial charge in [-0.3, -0.25) is 0 Å². The predicted octanol–water partition coefficient (Wildman–Crippen LogP) is 4.83. The zero-order valence-electron chi connectivity index (χ0n) is 12.2. The monoisotopic (exact) mass is 285 g/mol. The first-order valence-electron chi connectivity index (χ1n) is 7.20. The molecule has 108 valence electrons. The Hall–Kier alpha value is -0.600. The molecular weight excluding hydrogens is 261 g/mol. The van der Waals surface area contributed by atoms with Crippen LogP contribution in [0.5, 0.6) is 0 Å². The molecule has 0 bridgehead atoms. The van der Waals surface area contributed by atoms with Gasteiger partial charge < -0.3 is 5.32 Å². The van der Waals surface area contributed by atoms with Crippen molar-refractivity contribution < 1.29 is 4.39 Å². The van der Waals surface area contributed by atoms with Gasteiger partial charge in [-0.1, -0.05) is 38.4 Å². The summed E-state index contributed by atoms with van der Waals surface area (Å²) in [4.78, 5) is 0. The van der Waals surface area contributed by atoms with E-state index < -0.39 is 0 Å². The van der Waals surface area contributed by atoms with Gasteiger partial charge in [-0.25, -0.2) is 4.39 Å². The highest BCUT2D eigenvalue weighted by molar-refractivity contribution is 6.30. The van der Waals surface area contributed by atoms with Crippen LogP contribution in [0.25, 0.3) is 0 Å². The summed E-state index contributed by atoms with van der Waals surface area (Å²) in [6, 6.07) is 5.48. The summed E-state index contributed by atoms with van der Waals surface area (Å²) in [6.07, 6.45) is 4.39.